The number of esters is 1. The summed E-state index contributed by atoms with van der Waals surface area (Å²) in [6.07, 6.45) is 0. The van der Waals surface area contributed by atoms with Gasteiger partial charge in [-0.05, 0) is 12.1 Å². The third-order valence-corrected chi connectivity index (χ3v) is 2.26. The zero-order valence-electron chi connectivity index (χ0n) is 9.01. The lowest BCUT2D eigenvalue weighted by Crippen LogP contribution is -2.10. The third kappa shape index (κ3) is 4.39. The van der Waals surface area contributed by atoms with Crippen molar-refractivity contribution in [3.05, 3.63) is 32.8 Å². The Bertz CT molecular complexity index is 435. The number of ether oxygens (including phenoxy) is 2. The largest absolute Gasteiger partial charge is 0.483 e. The molecule has 1 rings (SSSR count). The second kappa shape index (κ2) is 6.19. The maximum absolute atomic E-state index is 10.7. The van der Waals surface area contributed by atoms with E-state index in [9.17, 15) is 14.9 Å². The number of nitrogens with zero attached hydrogens (tertiary/aromatic N) is 1. The summed E-state index contributed by atoms with van der Waals surface area (Å²) in [5.41, 5.74) is -0.137. The second-order valence-electron chi connectivity index (χ2n) is 3.06. The van der Waals surface area contributed by atoms with Gasteiger partial charge in [-0.15, -0.1) is 0 Å². The standard InChI is InChI=1S/C10H10BrNO5/c1-7(13)16-4-5-17-10-3-2-8(11)6-9(10)12(14)15/h2-3,6H,4-5H2,1H3. The Kier molecular flexibility index (Phi) is 4.89. The van der Waals surface area contributed by atoms with E-state index in [4.69, 9.17) is 4.74 Å². The Morgan fingerprint density at radius 2 is 2.18 bits per heavy atom. The second-order valence-corrected chi connectivity index (χ2v) is 3.97. The molecular weight excluding hydrogens is 294 g/mol. The van der Waals surface area contributed by atoms with Crippen LogP contribution in [0.1, 0.15) is 6.92 Å². The van der Waals surface area contributed by atoms with Crippen LogP contribution in [0.15, 0.2) is 22.7 Å². The van der Waals surface area contributed by atoms with E-state index in [-0.39, 0.29) is 24.7 Å². The molecule has 1 aromatic carbocycles. The normalized spacial score (nSPS) is 9.76. The summed E-state index contributed by atoms with van der Waals surface area (Å²) in [4.78, 5) is 20.7. The van der Waals surface area contributed by atoms with Gasteiger partial charge in [-0.1, -0.05) is 15.9 Å². The van der Waals surface area contributed by atoms with E-state index < -0.39 is 10.9 Å². The fourth-order valence-electron chi connectivity index (χ4n) is 1.09. The van der Waals surface area contributed by atoms with Crippen LogP contribution in [-0.4, -0.2) is 24.1 Å². The molecule has 0 amide bonds. The Balaban J connectivity index is 2.64. The molecule has 0 spiro atoms. The van der Waals surface area contributed by atoms with Gasteiger partial charge in [0.05, 0.1) is 4.92 Å². The lowest BCUT2D eigenvalue weighted by molar-refractivity contribution is -0.386. The molecule has 0 fully saturated rings. The molecule has 17 heavy (non-hydrogen) atoms. The highest BCUT2D eigenvalue weighted by Gasteiger charge is 2.15. The van der Waals surface area contributed by atoms with Crippen LogP contribution < -0.4 is 4.74 Å². The van der Waals surface area contributed by atoms with Gasteiger partial charge in [0, 0.05) is 17.5 Å². The van der Waals surface area contributed by atoms with Crippen molar-refractivity contribution in [3.63, 3.8) is 0 Å². The molecule has 0 radical (unpaired) electrons. The monoisotopic (exact) mass is 303 g/mol. The van der Waals surface area contributed by atoms with Gasteiger partial charge < -0.3 is 9.47 Å². The van der Waals surface area contributed by atoms with Crippen LogP contribution in [0.2, 0.25) is 0 Å². The van der Waals surface area contributed by atoms with Crippen LogP contribution in [0.25, 0.3) is 0 Å². The van der Waals surface area contributed by atoms with Gasteiger partial charge in [-0.2, -0.15) is 0 Å². The molecule has 0 aliphatic carbocycles. The summed E-state index contributed by atoms with van der Waals surface area (Å²) < 4.78 is 10.4. The first-order valence-electron chi connectivity index (χ1n) is 4.71. The van der Waals surface area contributed by atoms with Gasteiger partial charge in [0.2, 0.25) is 0 Å². The van der Waals surface area contributed by atoms with E-state index in [2.05, 4.69) is 20.7 Å². The van der Waals surface area contributed by atoms with Gasteiger partial charge in [0.1, 0.15) is 13.2 Å². The number of nitro groups is 1. The summed E-state index contributed by atoms with van der Waals surface area (Å²) in [5, 5.41) is 10.7. The van der Waals surface area contributed by atoms with Gasteiger partial charge in [0.15, 0.2) is 5.75 Å². The van der Waals surface area contributed by atoms with Crippen LogP contribution in [0.5, 0.6) is 5.75 Å². The molecule has 0 aliphatic rings. The number of carbonyl (C=O) groups is 1. The van der Waals surface area contributed by atoms with Gasteiger partial charge >= 0.3 is 11.7 Å². The predicted octanol–water partition coefficient (Wildman–Crippen LogP) is 2.30. The molecule has 0 aromatic heterocycles. The number of hydrogen-bond donors (Lipinski definition) is 0. The lowest BCUT2D eigenvalue weighted by atomic mass is 10.3. The molecule has 6 nitrogen and oxygen atoms in total. The number of benzene rings is 1. The van der Waals surface area contributed by atoms with Crippen LogP contribution in [0, 0.1) is 10.1 Å². The Hall–Kier alpha value is -1.63. The summed E-state index contributed by atoms with van der Waals surface area (Å²) in [5.74, 6) is -0.274. The van der Waals surface area contributed by atoms with Crippen molar-refractivity contribution < 1.29 is 19.2 Å². The fraction of sp³-hybridized carbons (Fsp3) is 0.300. The van der Waals surface area contributed by atoms with Crippen LogP contribution >= 0.6 is 15.9 Å². The maximum Gasteiger partial charge on any atom is 0.312 e. The van der Waals surface area contributed by atoms with E-state index in [0.29, 0.717) is 4.47 Å². The quantitative estimate of drug-likeness (QED) is 0.361. The van der Waals surface area contributed by atoms with Gasteiger partial charge in [-0.3, -0.25) is 14.9 Å². The van der Waals surface area contributed by atoms with Crippen LogP contribution in [0.4, 0.5) is 5.69 Å². The van der Waals surface area contributed by atoms with Gasteiger partial charge in [-0.25, -0.2) is 0 Å². The van der Waals surface area contributed by atoms with E-state index in [0.717, 1.165) is 0 Å². The van der Waals surface area contributed by atoms with Crippen molar-refractivity contribution in [2.24, 2.45) is 0 Å². The Morgan fingerprint density at radius 1 is 1.47 bits per heavy atom. The van der Waals surface area contributed by atoms with E-state index >= 15 is 0 Å². The minimum atomic E-state index is -0.536. The maximum atomic E-state index is 10.7. The zero-order chi connectivity index (χ0) is 12.8. The number of rotatable bonds is 5. The molecule has 1 aromatic rings. The summed E-state index contributed by atoms with van der Waals surface area (Å²) in [6.45, 7) is 1.41. The highest BCUT2D eigenvalue weighted by atomic mass is 79.9. The molecule has 0 saturated heterocycles. The Labute approximate surface area is 106 Å². The van der Waals surface area contributed by atoms with Gasteiger partial charge in [0.25, 0.3) is 0 Å². The number of carbonyl (C=O) groups excluding carboxylic acids is 1. The van der Waals surface area contributed by atoms with E-state index in [1.54, 1.807) is 6.07 Å². The van der Waals surface area contributed by atoms with Crippen molar-refractivity contribution >= 4 is 27.6 Å². The third-order valence-electron chi connectivity index (χ3n) is 1.76. The van der Waals surface area contributed by atoms with E-state index in [1.807, 2.05) is 0 Å². The van der Waals surface area contributed by atoms with Crippen LogP contribution in [0.3, 0.4) is 0 Å². The smallest absolute Gasteiger partial charge is 0.312 e. The average Bonchev–Trinajstić information content (AvgIpc) is 2.25. The number of halogens is 1. The highest BCUT2D eigenvalue weighted by Crippen LogP contribution is 2.29. The topological polar surface area (TPSA) is 78.7 Å². The van der Waals surface area contributed by atoms with Crippen molar-refractivity contribution in [3.8, 4) is 5.75 Å². The molecule has 0 heterocycles. The molecule has 92 valence electrons. The first-order chi connectivity index (χ1) is 8.00. The first-order valence-corrected chi connectivity index (χ1v) is 5.50. The first kappa shape index (κ1) is 13.4. The van der Waals surface area contributed by atoms with Crippen molar-refractivity contribution in [1.29, 1.82) is 0 Å². The molecule has 0 unspecified atom stereocenters. The molecule has 0 saturated carbocycles. The molecule has 0 atom stereocenters. The average molecular weight is 304 g/mol. The summed E-state index contributed by atoms with van der Waals surface area (Å²) in [6, 6.07) is 4.46. The molecule has 0 N–H and O–H groups in total. The molecule has 7 heteroatoms. The summed E-state index contributed by atoms with van der Waals surface area (Å²) in [7, 11) is 0. The minimum Gasteiger partial charge on any atom is -0.483 e. The predicted molar refractivity (Wildman–Crippen MR) is 62.9 cm³/mol. The fourth-order valence-corrected chi connectivity index (χ4v) is 1.44. The number of hydrogen-bond acceptors (Lipinski definition) is 5. The number of nitro benzene ring substituents is 1. The van der Waals surface area contributed by atoms with Crippen LogP contribution in [-0.2, 0) is 9.53 Å². The lowest BCUT2D eigenvalue weighted by Gasteiger charge is -2.06. The SMILES string of the molecule is CC(=O)OCCOc1ccc(Br)cc1[N+](=O)[O-]. The zero-order valence-corrected chi connectivity index (χ0v) is 10.6. The Morgan fingerprint density at radius 3 is 2.76 bits per heavy atom. The molecular formula is C10H10BrNO5. The van der Waals surface area contributed by atoms with Crippen molar-refractivity contribution in [1.82, 2.24) is 0 Å². The molecule has 0 aliphatic heterocycles. The van der Waals surface area contributed by atoms with Crippen molar-refractivity contribution in [2.75, 3.05) is 13.2 Å². The van der Waals surface area contributed by atoms with E-state index in [1.165, 1.54) is 19.1 Å². The summed E-state index contributed by atoms with van der Waals surface area (Å²) >= 11 is 3.14. The highest BCUT2D eigenvalue weighted by molar-refractivity contribution is 9.10. The van der Waals surface area contributed by atoms with Crippen molar-refractivity contribution in [2.45, 2.75) is 6.92 Å². The molecule has 0 bridgehead atoms. The minimum absolute atomic E-state index is 0.0581.